The fraction of sp³-hybridized carbons (Fsp3) is 0.600. The molecule has 0 saturated heterocycles. The van der Waals surface area contributed by atoms with Gasteiger partial charge in [-0.15, -0.1) is 24.0 Å². The Balaban J connectivity index is 0.00000729. The van der Waals surface area contributed by atoms with Gasteiger partial charge in [-0.25, -0.2) is 4.79 Å². The molecule has 28 heavy (non-hydrogen) atoms. The van der Waals surface area contributed by atoms with Crippen LogP contribution in [0.1, 0.15) is 38.3 Å². The molecule has 0 aliphatic rings. The third-order valence-electron chi connectivity index (χ3n) is 3.49. The number of hydrogen-bond donors (Lipinski definition) is 3. The quantitative estimate of drug-likeness (QED) is 0.219. The Morgan fingerprint density at radius 1 is 1.11 bits per heavy atom. The van der Waals surface area contributed by atoms with E-state index in [9.17, 15) is 4.79 Å². The van der Waals surface area contributed by atoms with Gasteiger partial charge in [0.15, 0.2) is 5.96 Å². The molecule has 8 heteroatoms. The van der Waals surface area contributed by atoms with Crippen LogP contribution in [0.5, 0.6) is 0 Å². The van der Waals surface area contributed by atoms with Crippen molar-refractivity contribution < 1.29 is 9.53 Å². The number of rotatable bonds is 8. The Morgan fingerprint density at radius 3 is 2.36 bits per heavy atom. The molecule has 0 aliphatic heterocycles. The van der Waals surface area contributed by atoms with E-state index in [1.165, 1.54) is 11.1 Å². The van der Waals surface area contributed by atoms with Crippen LogP contribution in [0.25, 0.3) is 0 Å². The molecule has 0 bridgehead atoms. The standard InChI is InChI=1S/C20H35N5O2.HI/c1-20(2,3)27-19(26)23-12-8-11-22-18(21-4)24-14-16-9-7-10-17(13-16)15-25(5)6;/h7,9-10,13H,8,11-12,14-15H2,1-6H3,(H,23,26)(H2,21,22,24);1H. The lowest BCUT2D eigenvalue weighted by atomic mass is 10.1. The fourth-order valence-corrected chi connectivity index (χ4v) is 2.41. The molecular formula is C20H36IN5O2. The number of aliphatic imine (C=N–C) groups is 1. The van der Waals surface area contributed by atoms with Gasteiger partial charge in [-0.3, -0.25) is 4.99 Å². The molecule has 1 aromatic carbocycles. The largest absolute Gasteiger partial charge is 0.444 e. The van der Waals surface area contributed by atoms with Crippen molar-refractivity contribution in [2.75, 3.05) is 34.2 Å². The molecule has 0 aromatic heterocycles. The average molecular weight is 505 g/mol. The minimum absolute atomic E-state index is 0. The number of guanidine groups is 1. The number of carbonyl (C=O) groups is 1. The van der Waals surface area contributed by atoms with E-state index in [0.29, 0.717) is 19.6 Å². The molecule has 0 spiro atoms. The van der Waals surface area contributed by atoms with Crippen LogP contribution < -0.4 is 16.0 Å². The molecule has 3 N–H and O–H groups in total. The summed E-state index contributed by atoms with van der Waals surface area (Å²) in [5.41, 5.74) is 2.03. The van der Waals surface area contributed by atoms with E-state index >= 15 is 0 Å². The van der Waals surface area contributed by atoms with Crippen LogP contribution in [-0.4, -0.2) is 56.8 Å². The Bertz CT molecular complexity index is 615. The van der Waals surface area contributed by atoms with Gasteiger partial charge in [-0.1, -0.05) is 24.3 Å². The predicted molar refractivity (Wildman–Crippen MR) is 126 cm³/mol. The van der Waals surface area contributed by atoms with Crippen molar-refractivity contribution in [1.29, 1.82) is 0 Å². The minimum atomic E-state index is -0.474. The molecule has 1 aromatic rings. The summed E-state index contributed by atoms with van der Waals surface area (Å²) in [6.07, 6.45) is 0.390. The maximum Gasteiger partial charge on any atom is 0.407 e. The number of alkyl carbamates (subject to hydrolysis) is 1. The van der Waals surface area contributed by atoms with Crippen molar-refractivity contribution in [2.45, 2.75) is 45.9 Å². The van der Waals surface area contributed by atoms with Gasteiger partial charge in [-0.05, 0) is 52.4 Å². The summed E-state index contributed by atoms with van der Waals surface area (Å²) >= 11 is 0. The van der Waals surface area contributed by atoms with Gasteiger partial charge in [0.05, 0.1) is 0 Å². The van der Waals surface area contributed by atoms with Crippen LogP contribution in [0.4, 0.5) is 4.79 Å². The van der Waals surface area contributed by atoms with E-state index in [1.807, 2.05) is 20.8 Å². The molecule has 7 nitrogen and oxygen atoms in total. The average Bonchev–Trinajstić information content (AvgIpc) is 2.55. The highest BCUT2D eigenvalue weighted by molar-refractivity contribution is 14.0. The Kier molecular flexibility index (Phi) is 12.8. The molecule has 0 heterocycles. The van der Waals surface area contributed by atoms with Crippen LogP contribution >= 0.6 is 24.0 Å². The zero-order chi connectivity index (χ0) is 20.3. The third kappa shape index (κ3) is 12.8. The van der Waals surface area contributed by atoms with Crippen LogP contribution in [0.2, 0.25) is 0 Å². The van der Waals surface area contributed by atoms with E-state index in [-0.39, 0.29) is 30.1 Å². The van der Waals surface area contributed by atoms with Crippen LogP contribution in [0, 0.1) is 0 Å². The number of carbonyl (C=O) groups excluding carboxylic acids is 1. The first-order valence-corrected chi connectivity index (χ1v) is 9.33. The summed E-state index contributed by atoms with van der Waals surface area (Å²) in [5.74, 6) is 0.741. The number of amides is 1. The molecular weight excluding hydrogens is 469 g/mol. The van der Waals surface area contributed by atoms with Gasteiger partial charge in [0, 0.05) is 33.2 Å². The van der Waals surface area contributed by atoms with E-state index in [2.05, 4.69) is 64.2 Å². The molecule has 0 atom stereocenters. The normalized spacial score (nSPS) is 11.6. The Labute approximate surface area is 186 Å². The molecule has 0 aliphatic carbocycles. The topological polar surface area (TPSA) is 78.0 Å². The first-order valence-electron chi connectivity index (χ1n) is 9.33. The third-order valence-corrected chi connectivity index (χ3v) is 3.49. The van der Waals surface area contributed by atoms with Gasteiger partial charge in [0.25, 0.3) is 0 Å². The number of ether oxygens (including phenoxy) is 1. The number of hydrogen-bond acceptors (Lipinski definition) is 4. The molecule has 1 rings (SSSR count). The number of nitrogens with one attached hydrogen (secondary N) is 3. The van der Waals surface area contributed by atoms with Crippen LogP contribution in [0.3, 0.4) is 0 Å². The molecule has 0 fully saturated rings. The highest BCUT2D eigenvalue weighted by Crippen LogP contribution is 2.07. The molecule has 0 saturated carbocycles. The van der Waals surface area contributed by atoms with Crippen molar-refractivity contribution in [1.82, 2.24) is 20.9 Å². The fourth-order valence-electron chi connectivity index (χ4n) is 2.41. The summed E-state index contributed by atoms with van der Waals surface area (Å²) in [5, 5.41) is 9.30. The summed E-state index contributed by atoms with van der Waals surface area (Å²) in [7, 11) is 5.87. The van der Waals surface area contributed by atoms with E-state index in [0.717, 1.165) is 18.9 Å². The molecule has 160 valence electrons. The Hall–Kier alpha value is -1.55. The SMILES string of the molecule is CN=C(NCCCNC(=O)OC(C)(C)C)NCc1cccc(CN(C)C)c1.I. The number of halogens is 1. The smallest absolute Gasteiger partial charge is 0.407 e. The van der Waals surface area contributed by atoms with Crippen LogP contribution in [0.15, 0.2) is 29.3 Å². The summed E-state index contributed by atoms with van der Waals surface area (Å²) in [6, 6.07) is 8.51. The van der Waals surface area contributed by atoms with Crippen molar-refractivity contribution in [3.05, 3.63) is 35.4 Å². The number of nitrogens with zero attached hydrogens (tertiary/aromatic N) is 2. The second-order valence-corrected chi connectivity index (χ2v) is 7.69. The monoisotopic (exact) mass is 505 g/mol. The number of benzene rings is 1. The van der Waals surface area contributed by atoms with Gasteiger partial charge < -0.3 is 25.6 Å². The summed E-state index contributed by atoms with van der Waals surface area (Å²) < 4.78 is 5.20. The van der Waals surface area contributed by atoms with E-state index in [1.54, 1.807) is 7.05 Å². The van der Waals surface area contributed by atoms with Crippen molar-refractivity contribution in [2.24, 2.45) is 4.99 Å². The van der Waals surface area contributed by atoms with Gasteiger partial charge >= 0.3 is 6.09 Å². The van der Waals surface area contributed by atoms with Gasteiger partial charge in [-0.2, -0.15) is 0 Å². The van der Waals surface area contributed by atoms with Gasteiger partial charge in [0.1, 0.15) is 5.60 Å². The lowest BCUT2D eigenvalue weighted by Gasteiger charge is -2.19. The van der Waals surface area contributed by atoms with Gasteiger partial charge in [0.2, 0.25) is 0 Å². The predicted octanol–water partition coefficient (Wildman–Crippen LogP) is 2.95. The van der Waals surface area contributed by atoms with Crippen molar-refractivity contribution >= 4 is 36.0 Å². The van der Waals surface area contributed by atoms with Crippen molar-refractivity contribution in [3.63, 3.8) is 0 Å². The zero-order valence-corrected chi connectivity index (χ0v) is 20.3. The maximum absolute atomic E-state index is 11.6. The highest BCUT2D eigenvalue weighted by Gasteiger charge is 2.15. The van der Waals surface area contributed by atoms with E-state index in [4.69, 9.17) is 4.74 Å². The minimum Gasteiger partial charge on any atom is -0.444 e. The van der Waals surface area contributed by atoms with Crippen molar-refractivity contribution in [3.8, 4) is 0 Å². The summed E-state index contributed by atoms with van der Waals surface area (Å²) in [6.45, 7) is 8.42. The highest BCUT2D eigenvalue weighted by atomic mass is 127. The lowest BCUT2D eigenvalue weighted by molar-refractivity contribution is 0.0527. The maximum atomic E-state index is 11.6. The molecule has 1 amide bonds. The van der Waals surface area contributed by atoms with Crippen LogP contribution in [-0.2, 0) is 17.8 Å². The first kappa shape index (κ1) is 26.4. The lowest BCUT2D eigenvalue weighted by Crippen LogP contribution is -2.39. The summed E-state index contributed by atoms with van der Waals surface area (Å²) in [4.78, 5) is 18.0. The second kappa shape index (κ2) is 13.6. The first-order chi connectivity index (χ1) is 12.7. The Morgan fingerprint density at radius 2 is 1.75 bits per heavy atom. The second-order valence-electron chi connectivity index (χ2n) is 7.69. The molecule has 0 unspecified atom stereocenters. The van der Waals surface area contributed by atoms with E-state index < -0.39 is 5.60 Å². The zero-order valence-electron chi connectivity index (χ0n) is 18.0. The molecule has 0 radical (unpaired) electrons.